The molecule has 0 saturated carbocycles. The second-order valence-electron chi connectivity index (χ2n) is 5.88. The van der Waals surface area contributed by atoms with Crippen molar-refractivity contribution in [3.63, 3.8) is 0 Å². The molecule has 0 unspecified atom stereocenters. The van der Waals surface area contributed by atoms with Crippen molar-refractivity contribution in [1.82, 2.24) is 9.80 Å². The molecule has 0 bridgehead atoms. The number of imide groups is 1. The largest absolute Gasteiger partial charge is 0.496 e. The first-order valence-electron chi connectivity index (χ1n) is 8.06. The van der Waals surface area contributed by atoms with Gasteiger partial charge in [-0.25, -0.2) is 0 Å². The number of benzene rings is 1. The highest BCUT2D eigenvalue weighted by atomic mass is 32.2. The molecular weight excluding hydrogens is 344 g/mol. The van der Waals surface area contributed by atoms with Crippen molar-refractivity contribution < 1.29 is 23.9 Å². The molecule has 25 heavy (non-hydrogen) atoms. The minimum atomic E-state index is -0.179. The van der Waals surface area contributed by atoms with Crippen LogP contribution >= 0.6 is 11.8 Å². The minimum Gasteiger partial charge on any atom is -0.496 e. The molecule has 3 amide bonds. The van der Waals surface area contributed by atoms with E-state index in [4.69, 9.17) is 9.47 Å². The lowest BCUT2D eigenvalue weighted by Crippen LogP contribution is -2.48. The van der Waals surface area contributed by atoms with Crippen molar-refractivity contribution in [2.24, 2.45) is 0 Å². The number of carbonyl (C=O) groups is 3. The number of rotatable bonds is 4. The zero-order valence-corrected chi connectivity index (χ0v) is 15.0. The van der Waals surface area contributed by atoms with E-state index in [0.717, 1.165) is 11.8 Å². The number of hydrogen-bond acceptors (Lipinski definition) is 6. The van der Waals surface area contributed by atoms with Gasteiger partial charge in [-0.2, -0.15) is 0 Å². The molecule has 1 aromatic rings. The maximum Gasteiger partial charge on any atom is 0.289 e. The van der Waals surface area contributed by atoms with Crippen LogP contribution in [-0.2, 0) is 4.79 Å². The predicted octanol–water partition coefficient (Wildman–Crippen LogP) is 2.00. The molecule has 0 aromatic heterocycles. The molecule has 2 aliphatic heterocycles. The molecule has 1 aromatic carbocycles. The third-order valence-electron chi connectivity index (χ3n) is 4.54. The zero-order chi connectivity index (χ0) is 18.0. The van der Waals surface area contributed by atoms with Crippen LogP contribution in [0.3, 0.4) is 0 Å². The smallest absolute Gasteiger partial charge is 0.289 e. The van der Waals surface area contributed by atoms with E-state index in [1.807, 2.05) is 0 Å². The minimum absolute atomic E-state index is 0.126. The Morgan fingerprint density at radius 1 is 1.12 bits per heavy atom. The number of nitrogens with zero attached hydrogens (tertiary/aromatic N) is 2. The van der Waals surface area contributed by atoms with Crippen molar-refractivity contribution in [3.8, 4) is 11.5 Å². The topological polar surface area (TPSA) is 76.2 Å². The molecule has 8 heteroatoms. The fourth-order valence-corrected chi connectivity index (χ4v) is 4.04. The van der Waals surface area contributed by atoms with Gasteiger partial charge in [-0.3, -0.25) is 19.3 Å². The number of carbonyl (C=O) groups excluding carboxylic acids is 3. The molecule has 134 valence electrons. The molecule has 0 aliphatic carbocycles. The van der Waals surface area contributed by atoms with Crippen molar-refractivity contribution in [3.05, 3.63) is 23.8 Å². The lowest BCUT2D eigenvalue weighted by atomic mass is 10.0. The van der Waals surface area contributed by atoms with Crippen LogP contribution in [0.5, 0.6) is 11.5 Å². The average Bonchev–Trinajstić information content (AvgIpc) is 2.98. The summed E-state index contributed by atoms with van der Waals surface area (Å²) in [5.41, 5.74) is 0.398. The summed E-state index contributed by atoms with van der Waals surface area (Å²) in [5, 5.41) is -0.179. The van der Waals surface area contributed by atoms with E-state index in [-0.39, 0.29) is 28.8 Å². The van der Waals surface area contributed by atoms with Gasteiger partial charge in [0.1, 0.15) is 17.1 Å². The molecule has 0 atom stereocenters. The highest BCUT2D eigenvalue weighted by Crippen LogP contribution is 2.32. The van der Waals surface area contributed by atoms with E-state index in [2.05, 4.69) is 0 Å². The third-order valence-corrected chi connectivity index (χ3v) is 5.38. The van der Waals surface area contributed by atoms with Gasteiger partial charge in [-0.15, -0.1) is 0 Å². The van der Waals surface area contributed by atoms with Crippen LogP contribution in [-0.4, -0.2) is 66.0 Å². The van der Waals surface area contributed by atoms with Crippen LogP contribution in [0.25, 0.3) is 0 Å². The summed E-state index contributed by atoms with van der Waals surface area (Å²) in [6, 6.07) is 5.09. The molecule has 3 rings (SSSR count). The van der Waals surface area contributed by atoms with Gasteiger partial charge in [0.2, 0.25) is 5.91 Å². The normalized spacial score (nSPS) is 18.6. The molecule has 2 fully saturated rings. The van der Waals surface area contributed by atoms with Crippen LogP contribution in [0.15, 0.2) is 18.2 Å². The first-order chi connectivity index (χ1) is 12.1. The lowest BCUT2D eigenvalue weighted by Gasteiger charge is -2.35. The molecule has 2 heterocycles. The Morgan fingerprint density at radius 3 is 2.20 bits per heavy atom. The summed E-state index contributed by atoms with van der Waals surface area (Å²) >= 11 is 1.04. The number of thioether (sulfide) groups is 1. The number of piperidine rings is 1. The van der Waals surface area contributed by atoms with Gasteiger partial charge in [-0.1, -0.05) is 17.8 Å². The van der Waals surface area contributed by atoms with E-state index in [0.29, 0.717) is 43.0 Å². The van der Waals surface area contributed by atoms with Gasteiger partial charge in [0.15, 0.2) is 0 Å². The Kier molecular flexibility index (Phi) is 5.17. The van der Waals surface area contributed by atoms with Gasteiger partial charge in [0.25, 0.3) is 11.1 Å². The Morgan fingerprint density at radius 2 is 1.72 bits per heavy atom. The summed E-state index contributed by atoms with van der Waals surface area (Å²) in [6.45, 7) is 0.957. The molecular formula is C17H20N2O5S. The maximum absolute atomic E-state index is 12.9. The van der Waals surface area contributed by atoms with Gasteiger partial charge in [0, 0.05) is 19.1 Å². The van der Waals surface area contributed by atoms with Crippen molar-refractivity contribution in [2.75, 3.05) is 33.1 Å². The zero-order valence-electron chi connectivity index (χ0n) is 14.2. The van der Waals surface area contributed by atoms with Gasteiger partial charge in [0.05, 0.1) is 20.0 Å². The van der Waals surface area contributed by atoms with Crippen LogP contribution in [0, 0.1) is 0 Å². The van der Waals surface area contributed by atoms with Crippen molar-refractivity contribution in [2.45, 2.75) is 18.9 Å². The Labute approximate surface area is 150 Å². The monoisotopic (exact) mass is 364 g/mol. The lowest BCUT2D eigenvalue weighted by molar-refractivity contribution is -0.126. The standard InChI is InChI=1S/C17H20N2O5S/c1-23-12-4-3-5-13(24-2)15(12)16(21)18-8-6-11(7-9-18)19-14(20)10-25-17(19)22/h3-5,11H,6-10H2,1-2H3. The van der Waals surface area contributed by atoms with Gasteiger partial charge < -0.3 is 14.4 Å². The first-order valence-corrected chi connectivity index (χ1v) is 9.04. The average molecular weight is 364 g/mol. The summed E-state index contributed by atoms with van der Waals surface area (Å²) in [6.07, 6.45) is 1.17. The summed E-state index contributed by atoms with van der Waals surface area (Å²) < 4.78 is 10.6. The number of methoxy groups -OCH3 is 2. The molecule has 7 nitrogen and oxygen atoms in total. The summed E-state index contributed by atoms with van der Waals surface area (Å²) in [4.78, 5) is 39.7. The quantitative estimate of drug-likeness (QED) is 0.813. The van der Waals surface area contributed by atoms with Gasteiger partial charge >= 0.3 is 0 Å². The van der Waals surface area contributed by atoms with E-state index < -0.39 is 0 Å². The number of hydrogen-bond donors (Lipinski definition) is 0. The van der Waals surface area contributed by atoms with Crippen LogP contribution in [0.4, 0.5) is 4.79 Å². The molecule has 0 spiro atoms. The van der Waals surface area contributed by atoms with E-state index in [1.54, 1.807) is 23.1 Å². The van der Waals surface area contributed by atoms with Crippen molar-refractivity contribution in [1.29, 1.82) is 0 Å². The van der Waals surface area contributed by atoms with Crippen molar-refractivity contribution >= 4 is 28.8 Å². The van der Waals surface area contributed by atoms with E-state index >= 15 is 0 Å². The van der Waals surface area contributed by atoms with Gasteiger partial charge in [-0.05, 0) is 25.0 Å². The Hall–Kier alpha value is -2.22. The molecule has 2 aliphatic rings. The fourth-order valence-electron chi connectivity index (χ4n) is 3.26. The Bertz CT molecular complexity index is 662. The van der Waals surface area contributed by atoms with E-state index in [9.17, 15) is 14.4 Å². The highest BCUT2D eigenvalue weighted by Gasteiger charge is 2.38. The van der Waals surface area contributed by atoms with Crippen LogP contribution in [0.1, 0.15) is 23.2 Å². The first kappa shape index (κ1) is 17.6. The third kappa shape index (κ3) is 3.30. The number of amides is 3. The highest BCUT2D eigenvalue weighted by molar-refractivity contribution is 8.14. The SMILES string of the molecule is COc1cccc(OC)c1C(=O)N1CCC(N2C(=O)CSC2=O)CC1. The second-order valence-corrected chi connectivity index (χ2v) is 6.81. The fraction of sp³-hybridized carbons (Fsp3) is 0.471. The second kappa shape index (κ2) is 7.35. The Balaban J connectivity index is 1.72. The van der Waals surface area contributed by atoms with Crippen LogP contribution in [0.2, 0.25) is 0 Å². The predicted molar refractivity (Wildman–Crippen MR) is 93.2 cm³/mol. The maximum atomic E-state index is 12.9. The molecule has 0 radical (unpaired) electrons. The summed E-state index contributed by atoms with van der Waals surface area (Å²) in [7, 11) is 3.03. The van der Waals surface area contributed by atoms with E-state index in [1.165, 1.54) is 19.1 Å². The molecule has 0 N–H and O–H groups in total. The number of ether oxygens (including phenoxy) is 2. The number of likely N-dealkylation sites (tertiary alicyclic amines) is 1. The van der Waals surface area contributed by atoms with Crippen LogP contribution < -0.4 is 9.47 Å². The summed E-state index contributed by atoms with van der Waals surface area (Å²) in [5.74, 6) is 0.851. The molecule has 2 saturated heterocycles.